The van der Waals surface area contributed by atoms with Crippen molar-refractivity contribution in [3.05, 3.63) is 57.6 Å². The van der Waals surface area contributed by atoms with Gasteiger partial charge < -0.3 is 20.1 Å². The summed E-state index contributed by atoms with van der Waals surface area (Å²) in [4.78, 5) is 34.8. The molecule has 0 aliphatic heterocycles. The number of hydrogen-bond acceptors (Lipinski definition) is 6. The van der Waals surface area contributed by atoms with E-state index < -0.39 is 28.9 Å². The van der Waals surface area contributed by atoms with Crippen molar-refractivity contribution >= 4 is 23.2 Å². The van der Waals surface area contributed by atoms with Crippen LogP contribution in [-0.2, 0) is 11.3 Å². The minimum Gasteiger partial charge on any atom is -0.493 e. The fourth-order valence-electron chi connectivity index (χ4n) is 2.55. The number of carbonyl (C=O) groups is 2. The zero-order valence-electron chi connectivity index (χ0n) is 17.0. The van der Waals surface area contributed by atoms with E-state index in [9.17, 15) is 28.5 Å². The van der Waals surface area contributed by atoms with Crippen LogP contribution in [0.15, 0.2) is 36.4 Å². The van der Waals surface area contributed by atoms with E-state index in [1.807, 2.05) is 0 Å². The van der Waals surface area contributed by atoms with Gasteiger partial charge in [0.15, 0.2) is 11.5 Å². The topological polar surface area (TPSA) is 120 Å². The molecule has 0 spiro atoms. The minimum atomic E-state index is -3.23. The molecule has 0 heterocycles. The van der Waals surface area contributed by atoms with Crippen LogP contribution in [0, 0.1) is 16.0 Å². The summed E-state index contributed by atoms with van der Waals surface area (Å²) < 4.78 is 34.2. The van der Waals surface area contributed by atoms with E-state index in [1.165, 1.54) is 0 Å². The third-order valence-electron chi connectivity index (χ3n) is 4.11. The number of carbonyl (C=O) groups excluding carboxylic acids is 2. The first-order valence-corrected chi connectivity index (χ1v) is 9.11. The number of nitro benzene ring substituents is 1. The monoisotopic (exact) mass is 437 g/mol. The Balaban J connectivity index is 2.22. The molecule has 2 aromatic rings. The number of amides is 2. The number of rotatable bonds is 9. The van der Waals surface area contributed by atoms with Gasteiger partial charge in [-0.3, -0.25) is 19.7 Å². The van der Waals surface area contributed by atoms with Crippen LogP contribution < -0.4 is 20.1 Å². The van der Waals surface area contributed by atoms with E-state index in [0.29, 0.717) is 17.3 Å². The highest BCUT2D eigenvalue weighted by Gasteiger charge is 2.26. The lowest BCUT2D eigenvalue weighted by Crippen LogP contribution is -2.24. The fraction of sp³-hybridized carbons (Fsp3) is 0.300. The summed E-state index contributed by atoms with van der Waals surface area (Å²) in [5.74, 6) is -2.01. The Hall–Kier alpha value is -3.76. The lowest BCUT2D eigenvalue weighted by Gasteiger charge is -2.13. The largest absolute Gasteiger partial charge is 0.493 e. The molecule has 11 heteroatoms. The van der Waals surface area contributed by atoms with E-state index in [1.54, 1.807) is 38.1 Å². The Morgan fingerprint density at radius 3 is 2.45 bits per heavy atom. The van der Waals surface area contributed by atoms with Crippen LogP contribution in [0.4, 0.5) is 20.2 Å². The van der Waals surface area contributed by atoms with Gasteiger partial charge >= 0.3 is 6.61 Å². The Kier molecular flexibility index (Phi) is 7.83. The predicted molar refractivity (Wildman–Crippen MR) is 107 cm³/mol. The molecular formula is C20H21F2N3O6. The number of anilines is 1. The number of hydrogen-bond donors (Lipinski definition) is 2. The molecule has 0 saturated carbocycles. The molecule has 0 aliphatic rings. The molecule has 0 radical (unpaired) electrons. The van der Waals surface area contributed by atoms with Crippen LogP contribution in [0.5, 0.6) is 11.5 Å². The van der Waals surface area contributed by atoms with Crippen LogP contribution >= 0.6 is 0 Å². The number of halogens is 2. The van der Waals surface area contributed by atoms with Gasteiger partial charge in [-0.25, -0.2) is 0 Å². The maximum Gasteiger partial charge on any atom is 0.387 e. The van der Waals surface area contributed by atoms with Gasteiger partial charge in [0.2, 0.25) is 5.91 Å². The second kappa shape index (κ2) is 10.3. The van der Waals surface area contributed by atoms with E-state index >= 15 is 0 Å². The van der Waals surface area contributed by atoms with E-state index in [2.05, 4.69) is 15.4 Å². The van der Waals surface area contributed by atoms with Crippen molar-refractivity contribution in [3.8, 4) is 11.5 Å². The van der Waals surface area contributed by atoms with Gasteiger partial charge in [-0.2, -0.15) is 8.78 Å². The summed E-state index contributed by atoms with van der Waals surface area (Å²) in [7, 11) is 1.15. The lowest BCUT2D eigenvalue weighted by molar-refractivity contribution is -0.385. The number of nitro groups is 1. The molecule has 9 nitrogen and oxygen atoms in total. The quantitative estimate of drug-likeness (QED) is 0.456. The molecular weight excluding hydrogens is 416 g/mol. The zero-order valence-corrected chi connectivity index (χ0v) is 17.0. The van der Waals surface area contributed by atoms with Crippen LogP contribution in [-0.4, -0.2) is 30.5 Å². The Labute approximate surface area is 176 Å². The average molecular weight is 437 g/mol. The SMILES string of the molecule is COc1cc(C(=O)NCc2cccc(NC(=O)C(C)C)c2)c([N+](=O)[O-])cc1OC(F)F. The van der Waals surface area contributed by atoms with Gasteiger partial charge in [0.1, 0.15) is 5.56 Å². The number of ether oxygens (including phenoxy) is 2. The van der Waals surface area contributed by atoms with Gasteiger partial charge in [-0.05, 0) is 17.7 Å². The van der Waals surface area contributed by atoms with Gasteiger partial charge in [-0.1, -0.05) is 26.0 Å². The van der Waals surface area contributed by atoms with Crippen LogP contribution in [0.3, 0.4) is 0 Å². The number of methoxy groups -OCH3 is 1. The first-order valence-electron chi connectivity index (χ1n) is 9.11. The summed E-state index contributed by atoms with van der Waals surface area (Å²) in [5.41, 5.74) is 0.0633. The van der Waals surface area contributed by atoms with Gasteiger partial charge in [-0.15, -0.1) is 0 Å². The van der Waals surface area contributed by atoms with Crippen molar-refractivity contribution in [3.63, 3.8) is 0 Å². The summed E-state index contributed by atoms with van der Waals surface area (Å²) >= 11 is 0. The molecule has 31 heavy (non-hydrogen) atoms. The minimum absolute atomic E-state index is 0.00101. The van der Waals surface area contributed by atoms with Crippen LogP contribution in [0.25, 0.3) is 0 Å². The summed E-state index contributed by atoms with van der Waals surface area (Å²) in [6.45, 7) is 0.270. The maximum absolute atomic E-state index is 12.6. The lowest BCUT2D eigenvalue weighted by atomic mass is 10.1. The fourth-order valence-corrected chi connectivity index (χ4v) is 2.55. The van der Waals surface area contributed by atoms with Crippen molar-refractivity contribution in [1.29, 1.82) is 0 Å². The second-order valence-electron chi connectivity index (χ2n) is 6.68. The molecule has 0 unspecified atom stereocenters. The van der Waals surface area contributed by atoms with Crippen LogP contribution in [0.2, 0.25) is 0 Å². The molecule has 0 bridgehead atoms. The normalized spacial score (nSPS) is 10.7. The van der Waals surface area contributed by atoms with Crippen molar-refractivity contribution in [2.24, 2.45) is 5.92 Å². The van der Waals surface area contributed by atoms with Gasteiger partial charge in [0.25, 0.3) is 11.6 Å². The molecule has 2 amide bonds. The zero-order chi connectivity index (χ0) is 23.1. The number of benzene rings is 2. The first kappa shape index (κ1) is 23.5. The highest BCUT2D eigenvalue weighted by Crippen LogP contribution is 2.35. The Bertz CT molecular complexity index is 981. The average Bonchev–Trinajstić information content (AvgIpc) is 2.71. The van der Waals surface area contributed by atoms with E-state index in [-0.39, 0.29) is 29.7 Å². The van der Waals surface area contributed by atoms with Crippen LogP contribution in [0.1, 0.15) is 29.8 Å². The highest BCUT2D eigenvalue weighted by atomic mass is 19.3. The predicted octanol–water partition coefficient (Wildman–Crippen LogP) is 3.73. The van der Waals surface area contributed by atoms with Gasteiger partial charge in [0.05, 0.1) is 18.1 Å². The van der Waals surface area contributed by atoms with Crippen molar-refractivity contribution in [2.75, 3.05) is 12.4 Å². The number of nitrogens with zero attached hydrogens (tertiary/aromatic N) is 1. The molecule has 0 aliphatic carbocycles. The van der Waals surface area contributed by atoms with E-state index in [4.69, 9.17) is 4.74 Å². The summed E-state index contributed by atoms with van der Waals surface area (Å²) in [6, 6.07) is 8.38. The first-order chi connectivity index (χ1) is 14.6. The standard InChI is InChI=1S/C20H21F2N3O6/c1-11(2)18(26)24-13-6-4-5-12(7-13)10-23-19(27)14-8-16(30-3)17(31-20(21)22)9-15(14)25(28)29/h4-9,11,20H,10H2,1-3H3,(H,23,27)(H,24,26). The number of alkyl halides is 2. The Morgan fingerprint density at radius 2 is 1.87 bits per heavy atom. The smallest absolute Gasteiger partial charge is 0.387 e. The summed E-state index contributed by atoms with van der Waals surface area (Å²) in [5, 5.41) is 16.6. The van der Waals surface area contributed by atoms with E-state index in [0.717, 1.165) is 13.2 Å². The van der Waals surface area contributed by atoms with Crippen molar-refractivity contribution in [1.82, 2.24) is 5.32 Å². The molecule has 0 fully saturated rings. The molecule has 2 aromatic carbocycles. The molecule has 0 atom stereocenters. The molecule has 0 saturated heterocycles. The summed E-state index contributed by atoms with van der Waals surface area (Å²) in [6.07, 6.45) is 0. The van der Waals surface area contributed by atoms with Crippen molar-refractivity contribution in [2.45, 2.75) is 27.0 Å². The highest BCUT2D eigenvalue weighted by molar-refractivity contribution is 5.99. The molecule has 166 valence electrons. The molecule has 2 rings (SSSR count). The molecule has 2 N–H and O–H groups in total. The maximum atomic E-state index is 12.6. The third-order valence-corrected chi connectivity index (χ3v) is 4.11. The second-order valence-corrected chi connectivity index (χ2v) is 6.68. The van der Waals surface area contributed by atoms with Gasteiger partial charge in [0, 0.05) is 24.2 Å². The van der Waals surface area contributed by atoms with Crippen molar-refractivity contribution < 1.29 is 32.8 Å². The molecule has 0 aromatic heterocycles. The number of nitrogens with one attached hydrogen (secondary N) is 2. The Morgan fingerprint density at radius 1 is 1.16 bits per heavy atom. The third kappa shape index (κ3) is 6.36.